The van der Waals surface area contributed by atoms with Gasteiger partial charge in [-0.1, -0.05) is 30.3 Å². The first-order chi connectivity index (χ1) is 14.5. The zero-order chi connectivity index (χ0) is 21.0. The van der Waals surface area contributed by atoms with Gasteiger partial charge in [0.1, 0.15) is 0 Å². The first-order valence-corrected chi connectivity index (χ1v) is 11.7. The average Bonchev–Trinajstić information content (AvgIpc) is 3.28. The molecule has 2 aromatic rings. The zero-order valence-electron chi connectivity index (χ0n) is 16.8. The summed E-state index contributed by atoms with van der Waals surface area (Å²) in [4.78, 5) is 14.9. The number of carbonyl (C=O) groups is 1. The van der Waals surface area contributed by atoms with Crippen molar-refractivity contribution in [3.05, 3.63) is 53.8 Å². The third-order valence-corrected chi connectivity index (χ3v) is 7.31. The maximum Gasteiger partial charge on any atom is 0.287 e. The molecule has 3 heterocycles. The molecule has 0 unspecified atom stereocenters. The Hall–Kier alpha value is -2.20. The van der Waals surface area contributed by atoms with Crippen LogP contribution in [-0.4, -0.2) is 69.0 Å². The van der Waals surface area contributed by atoms with E-state index >= 15 is 0 Å². The molecule has 1 N–H and O–H groups in total. The van der Waals surface area contributed by atoms with E-state index in [1.165, 1.54) is 22.0 Å². The fourth-order valence-corrected chi connectivity index (χ4v) is 5.15. The summed E-state index contributed by atoms with van der Waals surface area (Å²) in [5.41, 5.74) is 1.28. The van der Waals surface area contributed by atoms with Crippen molar-refractivity contribution in [2.75, 3.05) is 39.4 Å². The lowest BCUT2D eigenvalue weighted by molar-refractivity contribution is 0.0722. The van der Waals surface area contributed by atoms with Crippen LogP contribution in [0.15, 0.2) is 52.0 Å². The molecule has 0 radical (unpaired) electrons. The van der Waals surface area contributed by atoms with E-state index in [4.69, 9.17) is 9.15 Å². The van der Waals surface area contributed by atoms with Gasteiger partial charge < -0.3 is 14.5 Å². The highest BCUT2D eigenvalue weighted by molar-refractivity contribution is 7.89. The molecule has 0 spiro atoms. The first kappa shape index (κ1) is 21.0. The lowest BCUT2D eigenvalue weighted by atomic mass is 10.0. The number of ether oxygens (including phenoxy) is 1. The van der Waals surface area contributed by atoms with Gasteiger partial charge in [-0.3, -0.25) is 9.69 Å². The zero-order valence-corrected chi connectivity index (χ0v) is 17.6. The summed E-state index contributed by atoms with van der Waals surface area (Å²) in [5, 5.41) is 2.77. The molecule has 2 saturated heterocycles. The molecule has 0 bridgehead atoms. The van der Waals surface area contributed by atoms with Crippen LogP contribution < -0.4 is 5.32 Å². The summed E-state index contributed by atoms with van der Waals surface area (Å²) in [6.07, 6.45) is 1.69. The third-order valence-electron chi connectivity index (χ3n) is 5.54. The molecule has 4 rings (SSSR count). The number of furan rings is 1. The van der Waals surface area contributed by atoms with Crippen LogP contribution in [0.25, 0.3) is 0 Å². The molecule has 162 valence electrons. The molecule has 2 aliphatic heterocycles. The number of hydrogen-bond donors (Lipinski definition) is 1. The van der Waals surface area contributed by atoms with Crippen molar-refractivity contribution in [1.29, 1.82) is 0 Å². The van der Waals surface area contributed by atoms with Crippen LogP contribution in [0.2, 0.25) is 0 Å². The number of morpholine rings is 1. The van der Waals surface area contributed by atoms with E-state index < -0.39 is 10.0 Å². The van der Waals surface area contributed by atoms with Crippen molar-refractivity contribution >= 4 is 15.9 Å². The van der Waals surface area contributed by atoms with E-state index in [9.17, 15) is 13.2 Å². The number of nitrogens with one attached hydrogen (secondary N) is 1. The van der Waals surface area contributed by atoms with Crippen LogP contribution in [0.1, 0.15) is 29.0 Å². The van der Waals surface area contributed by atoms with Crippen LogP contribution in [0.3, 0.4) is 0 Å². The lowest BCUT2D eigenvalue weighted by Crippen LogP contribution is -2.44. The van der Waals surface area contributed by atoms with Gasteiger partial charge >= 0.3 is 0 Å². The predicted octanol–water partition coefficient (Wildman–Crippen LogP) is 1.69. The molecular weight excluding hydrogens is 406 g/mol. The second-order valence-electron chi connectivity index (χ2n) is 7.64. The van der Waals surface area contributed by atoms with Gasteiger partial charge in [-0.15, -0.1) is 0 Å². The third kappa shape index (κ3) is 4.92. The number of amides is 1. The van der Waals surface area contributed by atoms with E-state index in [-0.39, 0.29) is 35.9 Å². The van der Waals surface area contributed by atoms with Gasteiger partial charge in [0.25, 0.3) is 15.9 Å². The summed E-state index contributed by atoms with van der Waals surface area (Å²) in [5.74, 6) is -0.353. The standard InChI is InChI=1S/C21H27N3O5S/c25-21(19-6-7-20(29-19)30(26,27)24-12-14-28-15-13-24)22-18-8-10-23(11-9-18)16-17-4-2-1-3-5-17/h1-7,18H,8-16H2,(H,22,25). The number of piperidine rings is 1. The molecule has 8 nitrogen and oxygen atoms in total. The molecule has 9 heteroatoms. The number of hydrogen-bond acceptors (Lipinski definition) is 6. The van der Waals surface area contributed by atoms with E-state index in [0.29, 0.717) is 13.2 Å². The maximum absolute atomic E-state index is 12.6. The summed E-state index contributed by atoms with van der Waals surface area (Å²) < 4.78 is 37.2. The Morgan fingerprint density at radius 1 is 1.00 bits per heavy atom. The van der Waals surface area contributed by atoms with Crippen molar-refractivity contribution in [1.82, 2.24) is 14.5 Å². The average molecular weight is 434 g/mol. The van der Waals surface area contributed by atoms with Gasteiger partial charge in [-0.25, -0.2) is 8.42 Å². The molecule has 1 amide bonds. The monoisotopic (exact) mass is 433 g/mol. The number of rotatable bonds is 6. The van der Waals surface area contributed by atoms with Crippen LogP contribution in [0.5, 0.6) is 0 Å². The van der Waals surface area contributed by atoms with Gasteiger partial charge in [-0.05, 0) is 30.5 Å². The second kappa shape index (κ2) is 9.30. The second-order valence-corrected chi connectivity index (χ2v) is 9.51. The molecule has 0 atom stereocenters. The minimum absolute atomic E-state index is 0.0218. The predicted molar refractivity (Wildman–Crippen MR) is 110 cm³/mol. The van der Waals surface area contributed by atoms with Crippen molar-refractivity contribution in [2.24, 2.45) is 0 Å². The first-order valence-electron chi connectivity index (χ1n) is 10.3. The number of nitrogens with zero attached hydrogens (tertiary/aromatic N) is 2. The molecule has 2 fully saturated rings. The molecule has 2 aliphatic rings. The topological polar surface area (TPSA) is 92.1 Å². The Bertz CT molecular complexity index is 946. The molecule has 0 saturated carbocycles. The Morgan fingerprint density at radius 3 is 2.40 bits per heavy atom. The fourth-order valence-electron chi connectivity index (χ4n) is 3.83. The van der Waals surface area contributed by atoms with Crippen molar-refractivity contribution in [3.63, 3.8) is 0 Å². The van der Waals surface area contributed by atoms with E-state index in [0.717, 1.165) is 32.5 Å². The van der Waals surface area contributed by atoms with Crippen LogP contribution in [-0.2, 0) is 21.3 Å². The normalized spacial score (nSPS) is 19.6. The molecule has 1 aromatic carbocycles. The van der Waals surface area contributed by atoms with Gasteiger partial charge in [-0.2, -0.15) is 4.31 Å². The van der Waals surface area contributed by atoms with E-state index in [2.05, 4.69) is 22.3 Å². The van der Waals surface area contributed by atoms with E-state index in [1.54, 1.807) is 0 Å². The van der Waals surface area contributed by atoms with Gasteiger partial charge in [0.2, 0.25) is 5.09 Å². The molecule has 30 heavy (non-hydrogen) atoms. The largest absolute Gasteiger partial charge is 0.438 e. The van der Waals surface area contributed by atoms with Gasteiger partial charge in [0.15, 0.2) is 5.76 Å². The summed E-state index contributed by atoms with van der Waals surface area (Å²) in [6, 6.07) is 13.2. The van der Waals surface area contributed by atoms with Gasteiger partial charge in [0.05, 0.1) is 13.2 Å². The SMILES string of the molecule is O=C(NC1CCN(Cc2ccccc2)CC1)c1ccc(S(=O)(=O)N2CCOCC2)o1. The van der Waals surface area contributed by atoms with Crippen LogP contribution in [0, 0.1) is 0 Å². The quantitative estimate of drug-likeness (QED) is 0.746. The van der Waals surface area contributed by atoms with Crippen molar-refractivity contribution in [3.8, 4) is 0 Å². The number of carbonyl (C=O) groups excluding carboxylic acids is 1. The number of sulfonamides is 1. The minimum atomic E-state index is -3.74. The smallest absolute Gasteiger partial charge is 0.287 e. The lowest BCUT2D eigenvalue weighted by Gasteiger charge is -2.32. The highest BCUT2D eigenvalue weighted by Gasteiger charge is 2.30. The van der Waals surface area contributed by atoms with Gasteiger partial charge in [0, 0.05) is 38.8 Å². The summed E-state index contributed by atoms with van der Waals surface area (Å²) >= 11 is 0. The number of benzene rings is 1. The highest BCUT2D eigenvalue weighted by Crippen LogP contribution is 2.21. The molecule has 1 aromatic heterocycles. The highest BCUT2D eigenvalue weighted by atomic mass is 32.2. The minimum Gasteiger partial charge on any atom is -0.438 e. The van der Waals surface area contributed by atoms with Crippen molar-refractivity contribution in [2.45, 2.75) is 30.5 Å². The van der Waals surface area contributed by atoms with Crippen LogP contribution >= 0.6 is 0 Å². The number of likely N-dealkylation sites (tertiary alicyclic amines) is 1. The Balaban J connectivity index is 1.30. The summed E-state index contributed by atoms with van der Waals surface area (Å²) in [7, 11) is -3.74. The molecular formula is C21H27N3O5S. The van der Waals surface area contributed by atoms with Crippen LogP contribution in [0.4, 0.5) is 0 Å². The fraction of sp³-hybridized carbons (Fsp3) is 0.476. The Kier molecular flexibility index (Phi) is 6.52. The summed E-state index contributed by atoms with van der Waals surface area (Å²) in [6.45, 7) is 3.98. The maximum atomic E-state index is 12.6. The van der Waals surface area contributed by atoms with Crippen molar-refractivity contribution < 1.29 is 22.4 Å². The van der Waals surface area contributed by atoms with E-state index in [1.807, 2.05) is 18.2 Å². The molecule has 0 aliphatic carbocycles. The Labute approximate surface area is 176 Å². The Morgan fingerprint density at radius 2 is 1.70 bits per heavy atom.